The Hall–Kier alpha value is -6.94. The van der Waals surface area contributed by atoms with E-state index in [1.54, 1.807) is 0 Å². The average Bonchev–Trinajstić information content (AvgIpc) is 3.82. The Morgan fingerprint density at radius 2 is 0.945 bits per heavy atom. The van der Waals surface area contributed by atoms with E-state index in [2.05, 4.69) is 193 Å². The molecule has 9 aromatic carbocycles. The van der Waals surface area contributed by atoms with Crippen molar-refractivity contribution in [3.63, 3.8) is 0 Å². The van der Waals surface area contributed by atoms with E-state index in [1.807, 2.05) is 23.5 Å². The van der Waals surface area contributed by atoms with Gasteiger partial charge in [-0.1, -0.05) is 140 Å². The molecule has 0 aliphatic carbocycles. The Morgan fingerprint density at radius 3 is 1.80 bits per heavy atom. The quantitative estimate of drug-likeness (QED) is 0.170. The van der Waals surface area contributed by atoms with E-state index in [0.717, 1.165) is 44.6 Å². The third-order valence-electron chi connectivity index (χ3n) is 10.9. The summed E-state index contributed by atoms with van der Waals surface area (Å²) in [5.74, 6) is 0. The predicted molar refractivity (Wildman–Crippen MR) is 235 cm³/mol. The number of furan rings is 1. The van der Waals surface area contributed by atoms with Gasteiger partial charge in [0.2, 0.25) is 0 Å². The minimum Gasteiger partial charge on any atom is -0.456 e. The van der Waals surface area contributed by atoms with Crippen LogP contribution in [0.1, 0.15) is 0 Å². The van der Waals surface area contributed by atoms with Crippen LogP contribution in [0.4, 0.5) is 17.1 Å². The van der Waals surface area contributed by atoms with Crippen molar-refractivity contribution in [1.82, 2.24) is 0 Å². The first-order valence-electron chi connectivity index (χ1n) is 18.7. The zero-order valence-corrected chi connectivity index (χ0v) is 30.6. The molecular formula is C52H33NOS. The van der Waals surface area contributed by atoms with E-state index in [-0.39, 0.29) is 0 Å². The van der Waals surface area contributed by atoms with Gasteiger partial charge in [0.1, 0.15) is 11.2 Å². The van der Waals surface area contributed by atoms with E-state index in [1.165, 1.54) is 58.8 Å². The van der Waals surface area contributed by atoms with E-state index in [9.17, 15) is 0 Å². The first kappa shape index (κ1) is 31.6. The summed E-state index contributed by atoms with van der Waals surface area (Å²) in [5.41, 5.74) is 12.3. The van der Waals surface area contributed by atoms with Gasteiger partial charge in [0.25, 0.3) is 0 Å². The summed E-state index contributed by atoms with van der Waals surface area (Å²) >= 11 is 1.85. The number of nitrogens with zero attached hydrogens (tertiary/aromatic N) is 1. The summed E-state index contributed by atoms with van der Waals surface area (Å²) in [7, 11) is 0. The fourth-order valence-electron chi connectivity index (χ4n) is 8.25. The van der Waals surface area contributed by atoms with Gasteiger partial charge in [-0.2, -0.15) is 0 Å². The van der Waals surface area contributed by atoms with Gasteiger partial charge in [-0.25, -0.2) is 0 Å². The number of benzene rings is 9. The zero-order chi connectivity index (χ0) is 36.3. The smallest absolute Gasteiger partial charge is 0.136 e. The molecule has 0 aliphatic heterocycles. The number of hydrogen-bond donors (Lipinski definition) is 0. The fourth-order valence-corrected chi connectivity index (χ4v) is 9.39. The number of anilines is 3. The molecule has 0 bridgehead atoms. The Labute approximate surface area is 322 Å². The number of fused-ring (bicyclic) bond motifs is 7. The normalized spacial score (nSPS) is 11.6. The highest BCUT2D eigenvalue weighted by Crippen LogP contribution is 2.43. The summed E-state index contributed by atoms with van der Waals surface area (Å²) in [5, 5.41) is 7.41. The first-order chi connectivity index (χ1) is 27.2. The third kappa shape index (κ3) is 5.40. The Morgan fingerprint density at radius 1 is 0.345 bits per heavy atom. The molecule has 0 radical (unpaired) electrons. The van der Waals surface area contributed by atoms with Crippen LogP contribution in [0.3, 0.4) is 0 Å². The van der Waals surface area contributed by atoms with E-state index >= 15 is 0 Å². The lowest BCUT2D eigenvalue weighted by Crippen LogP contribution is -2.09. The lowest BCUT2D eigenvalue weighted by molar-refractivity contribution is 0.669. The second kappa shape index (κ2) is 12.9. The summed E-state index contributed by atoms with van der Waals surface area (Å²) in [4.78, 5) is 2.37. The van der Waals surface area contributed by atoms with Crippen LogP contribution in [0.15, 0.2) is 205 Å². The molecule has 2 aromatic heterocycles. The highest BCUT2D eigenvalue weighted by molar-refractivity contribution is 7.25. The van der Waals surface area contributed by atoms with E-state index in [0.29, 0.717) is 0 Å². The van der Waals surface area contributed by atoms with Gasteiger partial charge in [-0.3, -0.25) is 0 Å². The highest BCUT2D eigenvalue weighted by atomic mass is 32.1. The molecule has 0 fully saturated rings. The van der Waals surface area contributed by atoms with Crippen molar-refractivity contribution in [3.05, 3.63) is 200 Å². The molecule has 0 saturated heterocycles. The molecule has 2 heterocycles. The molecule has 0 aliphatic rings. The summed E-state index contributed by atoms with van der Waals surface area (Å²) in [6.45, 7) is 0. The maximum absolute atomic E-state index is 6.23. The molecule has 258 valence electrons. The lowest BCUT2D eigenvalue weighted by Gasteiger charge is -2.26. The number of hydrogen-bond acceptors (Lipinski definition) is 3. The molecule has 0 N–H and O–H groups in total. The summed E-state index contributed by atoms with van der Waals surface area (Å²) in [6, 6.07) is 72.2. The fraction of sp³-hybridized carbons (Fsp3) is 0. The van der Waals surface area contributed by atoms with Crippen LogP contribution in [0.2, 0.25) is 0 Å². The van der Waals surface area contributed by atoms with Crippen molar-refractivity contribution in [1.29, 1.82) is 0 Å². The van der Waals surface area contributed by atoms with E-state index in [4.69, 9.17) is 4.42 Å². The van der Waals surface area contributed by atoms with Gasteiger partial charge >= 0.3 is 0 Å². The van der Waals surface area contributed by atoms with Crippen LogP contribution < -0.4 is 4.90 Å². The standard InChI is InChI=1S/C52H33NOS/c1-2-14-42-35(10-1)11-8-17-43(42)38-13-7-12-37(32-38)34-22-26-39(27-23-34)53(41-30-31-46-45-15-4-6-21-50(45)55-51(46)33-41)40-28-24-36(25-29-40)44-18-9-20-49-52(44)47-16-3-5-19-48(47)54-49/h1-33H. The molecule has 55 heavy (non-hydrogen) atoms. The second-order valence-electron chi connectivity index (χ2n) is 14.1. The van der Waals surface area contributed by atoms with Crippen LogP contribution in [-0.2, 0) is 0 Å². The molecule has 11 rings (SSSR count). The largest absolute Gasteiger partial charge is 0.456 e. The van der Waals surface area contributed by atoms with Crippen molar-refractivity contribution in [3.8, 4) is 33.4 Å². The van der Waals surface area contributed by atoms with Crippen molar-refractivity contribution < 1.29 is 4.42 Å². The average molecular weight is 720 g/mol. The van der Waals surface area contributed by atoms with Crippen LogP contribution >= 0.6 is 11.3 Å². The van der Waals surface area contributed by atoms with Crippen molar-refractivity contribution >= 4 is 81.3 Å². The third-order valence-corrected chi connectivity index (χ3v) is 12.0. The molecule has 11 aromatic rings. The van der Waals surface area contributed by atoms with Crippen molar-refractivity contribution in [2.75, 3.05) is 4.90 Å². The minimum atomic E-state index is 0.906. The molecule has 0 unspecified atom stereocenters. The monoisotopic (exact) mass is 719 g/mol. The van der Waals surface area contributed by atoms with Crippen molar-refractivity contribution in [2.24, 2.45) is 0 Å². The molecule has 0 atom stereocenters. The molecule has 2 nitrogen and oxygen atoms in total. The molecular weight excluding hydrogens is 687 g/mol. The summed E-state index contributed by atoms with van der Waals surface area (Å²) in [6.07, 6.45) is 0. The van der Waals surface area contributed by atoms with Gasteiger partial charge in [0.15, 0.2) is 0 Å². The van der Waals surface area contributed by atoms with Crippen molar-refractivity contribution in [2.45, 2.75) is 0 Å². The van der Waals surface area contributed by atoms with Crippen LogP contribution in [0, 0.1) is 0 Å². The SMILES string of the molecule is c1cc(-c2ccc(N(c3ccc(-c4cccc5oc6ccccc6c45)cc3)c3ccc4c(c3)sc3ccccc34)cc2)cc(-c2cccc3ccccc23)c1. The van der Waals surface area contributed by atoms with Crippen LogP contribution in [0.25, 0.3) is 86.3 Å². The van der Waals surface area contributed by atoms with Crippen LogP contribution in [0.5, 0.6) is 0 Å². The maximum Gasteiger partial charge on any atom is 0.136 e. The highest BCUT2D eigenvalue weighted by Gasteiger charge is 2.17. The zero-order valence-electron chi connectivity index (χ0n) is 29.8. The number of para-hydroxylation sites is 1. The minimum absolute atomic E-state index is 0.906. The molecule has 3 heteroatoms. The molecule has 0 saturated carbocycles. The second-order valence-corrected chi connectivity index (χ2v) is 15.2. The van der Waals surface area contributed by atoms with Gasteiger partial charge in [-0.15, -0.1) is 11.3 Å². The Kier molecular flexibility index (Phi) is 7.39. The van der Waals surface area contributed by atoms with Crippen LogP contribution in [-0.4, -0.2) is 0 Å². The topological polar surface area (TPSA) is 16.4 Å². The van der Waals surface area contributed by atoms with Gasteiger partial charge in [-0.05, 0) is 105 Å². The Balaban J connectivity index is 1.00. The van der Waals surface area contributed by atoms with E-state index < -0.39 is 0 Å². The lowest BCUT2D eigenvalue weighted by atomic mass is 9.95. The van der Waals surface area contributed by atoms with Gasteiger partial charge in [0, 0.05) is 48.0 Å². The molecule has 0 spiro atoms. The summed E-state index contributed by atoms with van der Waals surface area (Å²) < 4.78 is 8.81. The maximum atomic E-state index is 6.23. The number of rotatable bonds is 6. The Bertz CT molecular complexity index is 3200. The van der Waals surface area contributed by atoms with Gasteiger partial charge < -0.3 is 9.32 Å². The number of thiophene rings is 1. The van der Waals surface area contributed by atoms with Gasteiger partial charge in [0.05, 0.1) is 0 Å². The predicted octanol–water partition coefficient (Wildman–Crippen LogP) is 15.6. The first-order valence-corrected chi connectivity index (χ1v) is 19.5. The molecule has 0 amide bonds.